The third-order valence-electron chi connectivity index (χ3n) is 4.15. The first kappa shape index (κ1) is 19.2. The van der Waals surface area contributed by atoms with Crippen LogP contribution in [0.15, 0.2) is 52.0 Å². The van der Waals surface area contributed by atoms with Crippen molar-refractivity contribution in [2.45, 2.75) is 13.5 Å². The number of pyridine rings is 1. The zero-order valence-electron chi connectivity index (χ0n) is 15.0. The molecule has 0 bridgehead atoms. The lowest BCUT2D eigenvalue weighted by molar-refractivity contribution is 0.101. The Balaban J connectivity index is 1.79. The Morgan fingerprint density at radius 2 is 2.10 bits per heavy atom. The molecule has 0 aliphatic rings. The molecular weight excluding hydrogens is 462 g/mol. The molecule has 1 N–H and O–H groups in total. The molecule has 9 nitrogen and oxygen atoms in total. The molecule has 0 unspecified atom stereocenters. The van der Waals surface area contributed by atoms with Crippen LogP contribution in [0.5, 0.6) is 0 Å². The third kappa shape index (κ3) is 3.52. The number of rotatable bonds is 4. The van der Waals surface area contributed by atoms with Crippen LogP contribution in [0.2, 0.25) is 5.02 Å². The first-order chi connectivity index (χ1) is 14.0. The van der Waals surface area contributed by atoms with Gasteiger partial charge in [-0.3, -0.25) is 9.59 Å². The predicted molar refractivity (Wildman–Crippen MR) is 111 cm³/mol. The fourth-order valence-corrected chi connectivity index (χ4v) is 3.40. The summed E-state index contributed by atoms with van der Waals surface area (Å²) in [5.41, 5.74) is 0.564. The van der Waals surface area contributed by atoms with Gasteiger partial charge >= 0.3 is 0 Å². The number of aryl methyl sites for hydroxylation is 1. The Labute approximate surface area is 177 Å². The molecule has 0 saturated heterocycles. The summed E-state index contributed by atoms with van der Waals surface area (Å²) >= 11 is 9.48. The number of carbonyl (C=O) groups excluding carboxylic acids is 1. The van der Waals surface area contributed by atoms with Crippen molar-refractivity contribution in [3.05, 3.63) is 68.3 Å². The summed E-state index contributed by atoms with van der Waals surface area (Å²) in [6, 6.07) is 9.85. The highest BCUT2D eigenvalue weighted by molar-refractivity contribution is 9.10. The number of carbonyl (C=O) groups is 1. The quantitative estimate of drug-likeness (QED) is 0.487. The van der Waals surface area contributed by atoms with Gasteiger partial charge in [-0.1, -0.05) is 22.9 Å². The van der Waals surface area contributed by atoms with Crippen LogP contribution >= 0.6 is 27.5 Å². The van der Waals surface area contributed by atoms with Gasteiger partial charge < -0.3 is 5.32 Å². The molecule has 0 saturated carbocycles. The van der Waals surface area contributed by atoms with Crippen molar-refractivity contribution in [3.8, 4) is 5.82 Å². The van der Waals surface area contributed by atoms with Crippen LogP contribution in [0.1, 0.15) is 17.4 Å². The fraction of sp³-hybridized carbons (Fsp3) is 0.111. The van der Waals surface area contributed by atoms with E-state index in [4.69, 9.17) is 11.6 Å². The van der Waals surface area contributed by atoms with Gasteiger partial charge in [-0.05, 0) is 47.1 Å². The zero-order chi connectivity index (χ0) is 20.5. The van der Waals surface area contributed by atoms with Crippen molar-refractivity contribution < 1.29 is 4.79 Å². The molecule has 3 heterocycles. The lowest BCUT2D eigenvalue weighted by Crippen LogP contribution is -2.25. The van der Waals surface area contributed by atoms with E-state index in [1.807, 2.05) is 0 Å². The minimum absolute atomic E-state index is 0.187. The molecular formula is C18H13BrClN7O2. The molecule has 4 aromatic rings. The molecule has 11 heteroatoms. The Morgan fingerprint density at radius 1 is 1.28 bits per heavy atom. The maximum Gasteiger partial charge on any atom is 0.279 e. The summed E-state index contributed by atoms with van der Waals surface area (Å²) in [5.74, 6) is -0.182. The van der Waals surface area contributed by atoms with Crippen LogP contribution in [0, 0.1) is 0 Å². The van der Waals surface area contributed by atoms with E-state index >= 15 is 0 Å². The highest BCUT2D eigenvalue weighted by Crippen LogP contribution is 2.23. The van der Waals surface area contributed by atoms with Crippen molar-refractivity contribution in [2.75, 3.05) is 5.32 Å². The number of aromatic nitrogens is 6. The minimum atomic E-state index is -0.489. The van der Waals surface area contributed by atoms with Gasteiger partial charge in [0.25, 0.3) is 11.5 Å². The van der Waals surface area contributed by atoms with Crippen LogP contribution < -0.4 is 10.9 Å². The fourth-order valence-electron chi connectivity index (χ4n) is 2.83. The van der Waals surface area contributed by atoms with Gasteiger partial charge in [-0.2, -0.15) is 5.10 Å². The zero-order valence-corrected chi connectivity index (χ0v) is 17.3. The number of nitrogens with zero attached hydrogens (tertiary/aromatic N) is 6. The molecule has 0 aliphatic carbocycles. The predicted octanol–water partition coefficient (Wildman–Crippen LogP) is 3.06. The van der Waals surface area contributed by atoms with Crippen LogP contribution in [0.3, 0.4) is 0 Å². The SMILES string of the molecule is CCn1nnc2cccc(NC(=O)c3cc(Br)nn3-c3ncccc3Cl)c2c1=O. The second-order valence-electron chi connectivity index (χ2n) is 5.94. The molecule has 29 heavy (non-hydrogen) atoms. The summed E-state index contributed by atoms with van der Waals surface area (Å²) in [6.45, 7) is 2.15. The maximum atomic E-state index is 13.0. The van der Waals surface area contributed by atoms with E-state index in [1.54, 1.807) is 43.5 Å². The summed E-state index contributed by atoms with van der Waals surface area (Å²) in [7, 11) is 0. The summed E-state index contributed by atoms with van der Waals surface area (Å²) in [4.78, 5) is 29.9. The summed E-state index contributed by atoms with van der Waals surface area (Å²) in [5, 5.41) is 15.5. The van der Waals surface area contributed by atoms with Crippen molar-refractivity contribution in [1.82, 2.24) is 29.8 Å². The van der Waals surface area contributed by atoms with Gasteiger partial charge in [0.05, 0.1) is 16.1 Å². The van der Waals surface area contributed by atoms with Gasteiger partial charge in [-0.15, -0.1) is 5.10 Å². The highest BCUT2D eigenvalue weighted by atomic mass is 79.9. The number of hydrogen-bond donors (Lipinski definition) is 1. The molecule has 146 valence electrons. The normalized spacial score (nSPS) is 11.0. The third-order valence-corrected chi connectivity index (χ3v) is 4.83. The molecule has 1 aromatic carbocycles. The Bertz CT molecular complexity index is 1300. The standard InChI is InChI=1S/C18H13BrClN7O2/c1-2-26-18(29)15-11(6-3-7-12(15)23-25-26)22-17(28)13-9-14(19)24-27(13)16-10(20)5-4-8-21-16/h3-9H,2H2,1H3,(H,22,28). The maximum absolute atomic E-state index is 13.0. The molecule has 4 rings (SSSR count). The smallest absolute Gasteiger partial charge is 0.279 e. The van der Waals surface area contributed by atoms with Crippen LogP contribution in [0.25, 0.3) is 16.7 Å². The molecule has 0 spiro atoms. The van der Waals surface area contributed by atoms with E-state index in [9.17, 15) is 9.59 Å². The van der Waals surface area contributed by atoms with E-state index in [-0.39, 0.29) is 16.6 Å². The first-order valence-electron chi connectivity index (χ1n) is 8.54. The number of nitrogens with one attached hydrogen (secondary N) is 1. The van der Waals surface area contributed by atoms with Gasteiger partial charge in [-0.25, -0.2) is 14.3 Å². The Hall–Kier alpha value is -3.11. The van der Waals surface area contributed by atoms with Gasteiger partial charge in [0, 0.05) is 18.8 Å². The summed E-state index contributed by atoms with van der Waals surface area (Å²) < 4.78 is 2.99. The molecule has 1 amide bonds. The van der Waals surface area contributed by atoms with E-state index in [0.717, 1.165) is 0 Å². The molecule has 0 fully saturated rings. The van der Waals surface area contributed by atoms with E-state index in [1.165, 1.54) is 15.4 Å². The van der Waals surface area contributed by atoms with Gasteiger partial charge in [0.2, 0.25) is 0 Å². The Kier molecular flexibility index (Phi) is 5.12. The van der Waals surface area contributed by atoms with Crippen molar-refractivity contribution in [2.24, 2.45) is 0 Å². The van der Waals surface area contributed by atoms with Gasteiger partial charge in [0.15, 0.2) is 5.82 Å². The van der Waals surface area contributed by atoms with E-state index in [0.29, 0.717) is 33.2 Å². The van der Waals surface area contributed by atoms with Crippen LogP contribution in [-0.2, 0) is 6.54 Å². The Morgan fingerprint density at radius 3 is 2.86 bits per heavy atom. The number of amides is 1. The topological polar surface area (TPSA) is 108 Å². The number of hydrogen-bond acceptors (Lipinski definition) is 6. The highest BCUT2D eigenvalue weighted by Gasteiger charge is 2.20. The van der Waals surface area contributed by atoms with E-state index < -0.39 is 5.91 Å². The van der Waals surface area contributed by atoms with Crippen molar-refractivity contribution in [3.63, 3.8) is 0 Å². The number of fused-ring (bicyclic) bond motifs is 1. The summed E-state index contributed by atoms with van der Waals surface area (Å²) in [6.07, 6.45) is 1.55. The van der Waals surface area contributed by atoms with Crippen molar-refractivity contribution in [1.29, 1.82) is 0 Å². The average molecular weight is 475 g/mol. The number of benzene rings is 1. The molecule has 0 atom stereocenters. The van der Waals surface area contributed by atoms with Crippen LogP contribution in [-0.4, -0.2) is 35.7 Å². The lowest BCUT2D eigenvalue weighted by atomic mass is 10.2. The number of halogens is 2. The average Bonchev–Trinajstić information content (AvgIpc) is 3.10. The second kappa shape index (κ2) is 7.72. The first-order valence-corrected chi connectivity index (χ1v) is 9.71. The largest absolute Gasteiger partial charge is 0.320 e. The number of anilines is 1. The van der Waals surface area contributed by atoms with Gasteiger partial charge in [0.1, 0.15) is 15.8 Å². The van der Waals surface area contributed by atoms with E-state index in [2.05, 4.69) is 41.6 Å². The minimum Gasteiger partial charge on any atom is -0.320 e. The molecule has 0 radical (unpaired) electrons. The monoisotopic (exact) mass is 473 g/mol. The molecule has 0 aliphatic heterocycles. The van der Waals surface area contributed by atoms with Crippen molar-refractivity contribution >= 4 is 50.0 Å². The second-order valence-corrected chi connectivity index (χ2v) is 7.16. The lowest BCUT2D eigenvalue weighted by Gasteiger charge is -2.10. The molecule has 3 aromatic heterocycles. The van der Waals surface area contributed by atoms with Crippen LogP contribution in [0.4, 0.5) is 5.69 Å².